The van der Waals surface area contributed by atoms with Gasteiger partial charge < -0.3 is 4.90 Å². The minimum absolute atomic E-state index is 0.0514. The second-order valence-corrected chi connectivity index (χ2v) is 6.75. The third-order valence-electron chi connectivity index (χ3n) is 4.33. The van der Waals surface area contributed by atoms with Gasteiger partial charge in [-0.2, -0.15) is 0 Å². The van der Waals surface area contributed by atoms with E-state index in [2.05, 4.69) is 44.8 Å². The smallest absolute Gasteiger partial charge is 0.241 e. The van der Waals surface area contributed by atoms with Crippen LogP contribution in [0.4, 0.5) is 0 Å². The monoisotopic (exact) mass is 252 g/mol. The van der Waals surface area contributed by atoms with Gasteiger partial charge in [-0.15, -0.1) is 0 Å². The number of nitrogens with one attached hydrogen (secondary N) is 1. The minimum atomic E-state index is 0.0514. The van der Waals surface area contributed by atoms with E-state index < -0.39 is 0 Å². The molecular weight excluding hydrogens is 224 g/mol. The molecule has 2 aliphatic rings. The quantitative estimate of drug-likeness (QED) is 0.816. The van der Waals surface area contributed by atoms with E-state index in [1.807, 2.05) is 0 Å². The largest absolute Gasteiger partial charge is 0.322 e. The van der Waals surface area contributed by atoms with E-state index in [4.69, 9.17) is 0 Å². The van der Waals surface area contributed by atoms with Crippen molar-refractivity contribution in [1.29, 1.82) is 0 Å². The van der Waals surface area contributed by atoms with Gasteiger partial charge in [0.25, 0.3) is 0 Å². The van der Waals surface area contributed by atoms with Crippen molar-refractivity contribution in [2.75, 3.05) is 0 Å². The standard InChI is InChI=1S/C15H28N2O/c1-6-11-8-13(11)17-14(10(4)5)16-12(15(17)18)7-9(2)3/h9-14,16H,6-8H2,1-5H3. The van der Waals surface area contributed by atoms with Gasteiger partial charge in [0.15, 0.2) is 0 Å². The molecule has 1 saturated heterocycles. The molecule has 0 bridgehead atoms. The molecule has 3 nitrogen and oxygen atoms in total. The summed E-state index contributed by atoms with van der Waals surface area (Å²) in [5, 5.41) is 3.56. The van der Waals surface area contributed by atoms with Crippen LogP contribution in [0.2, 0.25) is 0 Å². The highest BCUT2D eigenvalue weighted by atomic mass is 16.2. The Morgan fingerprint density at radius 3 is 2.44 bits per heavy atom. The molecule has 0 aromatic heterocycles. The highest BCUT2D eigenvalue weighted by molar-refractivity contribution is 5.85. The zero-order valence-corrected chi connectivity index (χ0v) is 12.4. The Bertz CT molecular complexity index is 314. The van der Waals surface area contributed by atoms with Crippen molar-refractivity contribution >= 4 is 5.91 Å². The fourth-order valence-electron chi connectivity index (χ4n) is 3.21. The van der Waals surface area contributed by atoms with Gasteiger partial charge in [0, 0.05) is 6.04 Å². The average Bonchev–Trinajstić information content (AvgIpc) is 2.98. The van der Waals surface area contributed by atoms with Crippen LogP contribution in [0.1, 0.15) is 53.9 Å². The lowest BCUT2D eigenvalue weighted by molar-refractivity contribution is -0.131. The van der Waals surface area contributed by atoms with E-state index in [9.17, 15) is 4.79 Å². The zero-order chi connectivity index (χ0) is 13.4. The van der Waals surface area contributed by atoms with Crippen LogP contribution >= 0.6 is 0 Å². The van der Waals surface area contributed by atoms with E-state index in [1.54, 1.807) is 0 Å². The van der Waals surface area contributed by atoms with Crippen molar-refractivity contribution < 1.29 is 4.79 Å². The summed E-state index contributed by atoms with van der Waals surface area (Å²) in [6, 6.07) is 0.565. The maximum absolute atomic E-state index is 12.6. The SMILES string of the molecule is CCC1CC1N1C(=O)C(CC(C)C)NC1C(C)C. The van der Waals surface area contributed by atoms with Crippen LogP contribution in [0, 0.1) is 17.8 Å². The number of amides is 1. The van der Waals surface area contributed by atoms with Crippen molar-refractivity contribution in [3.05, 3.63) is 0 Å². The Labute approximate surface area is 111 Å². The first-order valence-electron chi connectivity index (χ1n) is 7.53. The summed E-state index contributed by atoms with van der Waals surface area (Å²) in [5.41, 5.74) is 0. The van der Waals surface area contributed by atoms with Gasteiger partial charge in [-0.3, -0.25) is 10.1 Å². The van der Waals surface area contributed by atoms with E-state index in [0.29, 0.717) is 23.8 Å². The lowest BCUT2D eigenvalue weighted by Crippen LogP contribution is -2.43. The lowest BCUT2D eigenvalue weighted by atomic mass is 10.0. The molecule has 0 aromatic carbocycles. The molecule has 4 atom stereocenters. The van der Waals surface area contributed by atoms with Crippen LogP contribution in [0.25, 0.3) is 0 Å². The summed E-state index contributed by atoms with van der Waals surface area (Å²) < 4.78 is 0. The number of nitrogens with zero attached hydrogens (tertiary/aromatic N) is 1. The molecule has 3 heteroatoms. The van der Waals surface area contributed by atoms with Gasteiger partial charge in [0.1, 0.15) is 0 Å². The molecule has 1 aliphatic heterocycles. The van der Waals surface area contributed by atoms with Crippen molar-refractivity contribution in [3.8, 4) is 0 Å². The van der Waals surface area contributed by atoms with Crippen LogP contribution in [0.3, 0.4) is 0 Å². The molecule has 1 aliphatic carbocycles. The summed E-state index contributed by atoms with van der Waals surface area (Å²) in [6.45, 7) is 11.0. The Balaban J connectivity index is 2.08. The molecule has 2 fully saturated rings. The molecule has 0 radical (unpaired) electrons. The second kappa shape index (κ2) is 5.20. The van der Waals surface area contributed by atoms with Crippen LogP contribution in [-0.2, 0) is 4.79 Å². The highest BCUT2D eigenvalue weighted by Gasteiger charge is 2.51. The van der Waals surface area contributed by atoms with Crippen molar-refractivity contribution in [2.45, 2.75) is 72.1 Å². The Morgan fingerprint density at radius 1 is 1.33 bits per heavy atom. The van der Waals surface area contributed by atoms with Crippen LogP contribution in [0.5, 0.6) is 0 Å². The zero-order valence-electron chi connectivity index (χ0n) is 12.4. The van der Waals surface area contributed by atoms with Gasteiger partial charge in [-0.25, -0.2) is 0 Å². The van der Waals surface area contributed by atoms with Gasteiger partial charge in [-0.05, 0) is 30.6 Å². The van der Waals surface area contributed by atoms with Gasteiger partial charge in [0.2, 0.25) is 5.91 Å². The van der Waals surface area contributed by atoms with Crippen molar-refractivity contribution in [3.63, 3.8) is 0 Å². The van der Waals surface area contributed by atoms with Gasteiger partial charge >= 0.3 is 0 Å². The fraction of sp³-hybridized carbons (Fsp3) is 0.933. The molecule has 0 aromatic rings. The summed E-state index contributed by atoms with van der Waals surface area (Å²) in [7, 11) is 0. The van der Waals surface area contributed by atoms with E-state index in [1.165, 1.54) is 12.8 Å². The molecule has 1 saturated carbocycles. The van der Waals surface area contributed by atoms with Crippen LogP contribution < -0.4 is 5.32 Å². The molecule has 18 heavy (non-hydrogen) atoms. The first kappa shape index (κ1) is 13.9. The molecule has 1 amide bonds. The molecule has 1 N–H and O–H groups in total. The van der Waals surface area contributed by atoms with E-state index in [-0.39, 0.29) is 12.2 Å². The topological polar surface area (TPSA) is 32.3 Å². The van der Waals surface area contributed by atoms with Gasteiger partial charge in [0.05, 0.1) is 12.2 Å². The second-order valence-electron chi connectivity index (χ2n) is 6.75. The summed E-state index contributed by atoms with van der Waals surface area (Å²) in [4.78, 5) is 14.7. The Kier molecular flexibility index (Phi) is 4.00. The number of carbonyl (C=O) groups excluding carboxylic acids is 1. The average molecular weight is 252 g/mol. The lowest BCUT2D eigenvalue weighted by Gasteiger charge is -2.27. The summed E-state index contributed by atoms with van der Waals surface area (Å²) in [5.74, 6) is 2.16. The first-order chi connectivity index (χ1) is 8.45. The molecule has 1 heterocycles. The van der Waals surface area contributed by atoms with E-state index in [0.717, 1.165) is 12.3 Å². The van der Waals surface area contributed by atoms with E-state index >= 15 is 0 Å². The predicted molar refractivity (Wildman–Crippen MR) is 74.0 cm³/mol. The van der Waals surface area contributed by atoms with Crippen molar-refractivity contribution in [2.24, 2.45) is 17.8 Å². The first-order valence-corrected chi connectivity index (χ1v) is 7.53. The fourth-order valence-corrected chi connectivity index (χ4v) is 3.21. The van der Waals surface area contributed by atoms with Crippen molar-refractivity contribution in [1.82, 2.24) is 10.2 Å². The third kappa shape index (κ3) is 2.56. The number of hydrogen-bond acceptors (Lipinski definition) is 2. The number of rotatable bonds is 5. The highest BCUT2D eigenvalue weighted by Crippen LogP contribution is 2.42. The Morgan fingerprint density at radius 2 is 2.00 bits per heavy atom. The number of carbonyl (C=O) groups is 1. The predicted octanol–water partition coefficient (Wildman–Crippen LogP) is 2.61. The van der Waals surface area contributed by atoms with Crippen LogP contribution in [0.15, 0.2) is 0 Å². The van der Waals surface area contributed by atoms with Gasteiger partial charge in [-0.1, -0.05) is 41.0 Å². The molecule has 0 spiro atoms. The summed E-state index contributed by atoms with van der Waals surface area (Å²) >= 11 is 0. The third-order valence-corrected chi connectivity index (χ3v) is 4.33. The molecule has 104 valence electrons. The summed E-state index contributed by atoms with van der Waals surface area (Å²) in [6.07, 6.45) is 3.63. The molecular formula is C15H28N2O. The molecule has 2 rings (SSSR count). The normalized spacial score (nSPS) is 35.9. The Hall–Kier alpha value is -0.570. The molecule has 4 unspecified atom stereocenters. The minimum Gasteiger partial charge on any atom is -0.322 e. The van der Waals surface area contributed by atoms with Crippen LogP contribution in [-0.4, -0.2) is 29.1 Å². The maximum Gasteiger partial charge on any atom is 0.241 e. The number of hydrogen-bond donors (Lipinski definition) is 1. The maximum atomic E-state index is 12.6.